The van der Waals surface area contributed by atoms with Gasteiger partial charge in [-0.15, -0.1) is 0 Å². The number of ether oxygens (including phenoxy) is 1. The number of methoxy groups -OCH3 is 1. The van der Waals surface area contributed by atoms with E-state index in [9.17, 15) is 14.4 Å². The first-order chi connectivity index (χ1) is 9.08. The van der Waals surface area contributed by atoms with Gasteiger partial charge >= 0.3 is 5.97 Å². The van der Waals surface area contributed by atoms with Crippen LogP contribution in [0.4, 0.5) is 0 Å². The molecule has 0 aromatic heterocycles. The average molecular weight is 267 g/mol. The molecule has 2 amide bonds. The molecule has 19 heavy (non-hydrogen) atoms. The van der Waals surface area contributed by atoms with E-state index in [2.05, 4.69) is 11.7 Å². The van der Waals surface area contributed by atoms with Gasteiger partial charge in [0.2, 0.25) is 11.8 Å². The summed E-state index contributed by atoms with van der Waals surface area (Å²) in [5, 5.41) is 0. The third kappa shape index (κ3) is 2.65. The van der Waals surface area contributed by atoms with Gasteiger partial charge in [0.25, 0.3) is 0 Å². The predicted molar refractivity (Wildman–Crippen MR) is 68.0 cm³/mol. The maximum Gasteiger partial charge on any atom is 0.305 e. The number of hydrogen-bond acceptors (Lipinski definition) is 4. The fourth-order valence-corrected chi connectivity index (χ4v) is 3.24. The molecule has 2 rings (SSSR count). The van der Waals surface area contributed by atoms with Gasteiger partial charge in [-0.1, -0.05) is 13.3 Å². The topological polar surface area (TPSA) is 63.7 Å². The summed E-state index contributed by atoms with van der Waals surface area (Å²) in [6.45, 7) is 2.45. The molecule has 0 N–H and O–H groups in total. The van der Waals surface area contributed by atoms with Crippen LogP contribution in [-0.4, -0.2) is 36.3 Å². The van der Waals surface area contributed by atoms with Crippen molar-refractivity contribution in [3.63, 3.8) is 0 Å². The Morgan fingerprint density at radius 2 is 1.84 bits per heavy atom. The Morgan fingerprint density at radius 3 is 2.32 bits per heavy atom. The number of imide groups is 1. The van der Waals surface area contributed by atoms with Crippen LogP contribution in [0.2, 0.25) is 0 Å². The molecule has 0 radical (unpaired) electrons. The minimum Gasteiger partial charge on any atom is -0.469 e. The number of hydrogen-bond donors (Lipinski definition) is 0. The Kier molecular flexibility index (Phi) is 4.22. The predicted octanol–water partition coefficient (Wildman–Crippen LogP) is 1.36. The van der Waals surface area contributed by atoms with Gasteiger partial charge in [-0.2, -0.15) is 0 Å². The fourth-order valence-electron chi connectivity index (χ4n) is 3.24. The van der Waals surface area contributed by atoms with Crippen LogP contribution in [-0.2, 0) is 19.1 Å². The average Bonchev–Trinajstić information content (AvgIpc) is 2.93. The van der Waals surface area contributed by atoms with Crippen molar-refractivity contribution in [3.8, 4) is 0 Å². The van der Waals surface area contributed by atoms with Crippen LogP contribution in [0.3, 0.4) is 0 Å². The van der Waals surface area contributed by atoms with E-state index in [1.54, 1.807) is 0 Å². The summed E-state index contributed by atoms with van der Waals surface area (Å²) in [4.78, 5) is 36.8. The lowest BCUT2D eigenvalue weighted by Gasteiger charge is -2.17. The highest BCUT2D eigenvalue weighted by molar-refractivity contribution is 6.05. The second-order valence-electron chi connectivity index (χ2n) is 5.47. The monoisotopic (exact) mass is 267 g/mol. The number of likely N-dealkylation sites (tertiary alicyclic amines) is 1. The molecule has 106 valence electrons. The second-order valence-corrected chi connectivity index (χ2v) is 5.47. The molecule has 2 fully saturated rings. The molecule has 5 heteroatoms. The van der Waals surface area contributed by atoms with Crippen LogP contribution in [0.5, 0.6) is 0 Å². The molecule has 0 spiro atoms. The van der Waals surface area contributed by atoms with Gasteiger partial charge in [0.15, 0.2) is 0 Å². The molecule has 2 atom stereocenters. The van der Waals surface area contributed by atoms with E-state index in [0.717, 1.165) is 19.3 Å². The largest absolute Gasteiger partial charge is 0.469 e. The molecule has 0 aromatic rings. The van der Waals surface area contributed by atoms with Crippen molar-refractivity contribution in [3.05, 3.63) is 0 Å². The van der Waals surface area contributed by atoms with E-state index in [1.807, 2.05) is 0 Å². The molecule has 1 heterocycles. The summed E-state index contributed by atoms with van der Waals surface area (Å²) in [7, 11) is 1.34. The fraction of sp³-hybridized carbons (Fsp3) is 0.786. The van der Waals surface area contributed by atoms with Crippen LogP contribution in [0.25, 0.3) is 0 Å². The summed E-state index contributed by atoms with van der Waals surface area (Å²) in [6, 6.07) is 0. The molecule has 1 saturated heterocycles. The highest BCUT2D eigenvalue weighted by Crippen LogP contribution is 2.44. The first-order valence-corrected chi connectivity index (χ1v) is 7.00. The van der Waals surface area contributed by atoms with Crippen molar-refractivity contribution in [2.24, 2.45) is 17.8 Å². The second kappa shape index (κ2) is 5.72. The quantitative estimate of drug-likeness (QED) is 0.557. The zero-order valence-electron chi connectivity index (χ0n) is 11.6. The summed E-state index contributed by atoms with van der Waals surface area (Å²) in [5.74, 6) is -0.0526. The lowest BCUT2D eigenvalue weighted by molar-refractivity contribution is -0.144. The minimum absolute atomic E-state index is 0.0317. The van der Waals surface area contributed by atoms with Crippen LogP contribution in [0.15, 0.2) is 0 Å². The lowest BCUT2D eigenvalue weighted by Crippen LogP contribution is -2.33. The lowest BCUT2D eigenvalue weighted by atomic mass is 10.00. The maximum absolute atomic E-state index is 12.2. The molecular formula is C14H21NO4. The standard InChI is InChI=1S/C14H21NO4/c1-3-9-7-10-11(8-9)14(18)15(13(10)17)6-4-5-12(16)19-2/h9-11H,3-8H2,1-2H3. The number of nitrogens with zero attached hydrogens (tertiary/aromatic N) is 1. The van der Waals surface area contributed by atoms with Gasteiger partial charge in [0, 0.05) is 13.0 Å². The minimum atomic E-state index is -0.301. The zero-order chi connectivity index (χ0) is 14.0. The number of carbonyl (C=O) groups excluding carboxylic acids is 3. The van der Waals surface area contributed by atoms with E-state index in [4.69, 9.17) is 0 Å². The van der Waals surface area contributed by atoms with Crippen molar-refractivity contribution in [1.82, 2.24) is 4.90 Å². The highest BCUT2D eigenvalue weighted by atomic mass is 16.5. The SMILES string of the molecule is CCC1CC2C(=O)N(CCCC(=O)OC)C(=O)C2C1. The van der Waals surface area contributed by atoms with Crippen LogP contribution >= 0.6 is 0 Å². The van der Waals surface area contributed by atoms with E-state index < -0.39 is 0 Å². The summed E-state index contributed by atoms with van der Waals surface area (Å²) in [6.07, 6.45) is 3.47. The van der Waals surface area contributed by atoms with Gasteiger partial charge < -0.3 is 4.74 Å². The molecule has 2 unspecified atom stereocenters. The van der Waals surface area contributed by atoms with Crippen molar-refractivity contribution in [2.75, 3.05) is 13.7 Å². The summed E-state index contributed by atoms with van der Waals surface area (Å²) in [5.41, 5.74) is 0. The number of rotatable bonds is 5. The molecule has 1 aliphatic heterocycles. The Labute approximate surface area is 113 Å². The van der Waals surface area contributed by atoms with Crippen LogP contribution in [0.1, 0.15) is 39.0 Å². The molecule has 1 saturated carbocycles. The smallest absolute Gasteiger partial charge is 0.305 e. The van der Waals surface area contributed by atoms with Crippen molar-refractivity contribution < 1.29 is 19.1 Å². The molecule has 2 aliphatic rings. The van der Waals surface area contributed by atoms with Crippen molar-refractivity contribution >= 4 is 17.8 Å². The van der Waals surface area contributed by atoms with Gasteiger partial charge in [0.05, 0.1) is 18.9 Å². The van der Waals surface area contributed by atoms with Crippen LogP contribution in [0, 0.1) is 17.8 Å². The zero-order valence-corrected chi connectivity index (χ0v) is 11.6. The Hall–Kier alpha value is -1.39. The molecule has 0 bridgehead atoms. The van der Waals surface area contributed by atoms with Crippen molar-refractivity contribution in [1.29, 1.82) is 0 Å². The Balaban J connectivity index is 1.89. The van der Waals surface area contributed by atoms with E-state index in [0.29, 0.717) is 18.9 Å². The normalized spacial score (nSPS) is 29.8. The third-order valence-electron chi connectivity index (χ3n) is 4.39. The third-order valence-corrected chi connectivity index (χ3v) is 4.39. The van der Waals surface area contributed by atoms with Crippen molar-refractivity contribution in [2.45, 2.75) is 39.0 Å². The van der Waals surface area contributed by atoms with E-state index in [1.165, 1.54) is 12.0 Å². The summed E-state index contributed by atoms with van der Waals surface area (Å²) >= 11 is 0. The van der Waals surface area contributed by atoms with Gasteiger partial charge in [-0.25, -0.2) is 0 Å². The number of carbonyl (C=O) groups is 3. The van der Waals surface area contributed by atoms with Gasteiger partial charge in [-0.3, -0.25) is 19.3 Å². The Bertz CT molecular complexity index is 369. The first-order valence-electron chi connectivity index (χ1n) is 7.00. The van der Waals surface area contributed by atoms with Gasteiger partial charge in [-0.05, 0) is 25.2 Å². The van der Waals surface area contributed by atoms with E-state index >= 15 is 0 Å². The first kappa shape index (κ1) is 14.0. The number of esters is 1. The van der Waals surface area contributed by atoms with Gasteiger partial charge in [0.1, 0.15) is 0 Å². The maximum atomic E-state index is 12.2. The Morgan fingerprint density at radius 1 is 1.26 bits per heavy atom. The van der Waals surface area contributed by atoms with Crippen LogP contribution < -0.4 is 0 Å². The number of fused-ring (bicyclic) bond motifs is 1. The number of amides is 2. The van der Waals surface area contributed by atoms with E-state index in [-0.39, 0.29) is 36.0 Å². The molecular weight excluding hydrogens is 246 g/mol. The summed E-state index contributed by atoms with van der Waals surface area (Å²) < 4.78 is 4.54. The molecule has 1 aliphatic carbocycles. The molecule has 5 nitrogen and oxygen atoms in total. The molecule has 0 aromatic carbocycles. The highest BCUT2D eigenvalue weighted by Gasteiger charge is 2.51.